The zero-order valence-electron chi connectivity index (χ0n) is 18.8. The third kappa shape index (κ3) is 5.68. The van der Waals surface area contributed by atoms with Gasteiger partial charge >= 0.3 is 0 Å². The van der Waals surface area contributed by atoms with Gasteiger partial charge < -0.3 is 18.8 Å². The number of allylic oxidation sites excluding steroid dienone is 1. The van der Waals surface area contributed by atoms with E-state index in [2.05, 4.69) is 10.6 Å². The normalized spacial score (nSPS) is 11.2. The number of imidazole rings is 1. The van der Waals surface area contributed by atoms with Gasteiger partial charge in [-0.15, -0.1) is 0 Å². The summed E-state index contributed by atoms with van der Waals surface area (Å²) >= 11 is 5.97. The Morgan fingerprint density at radius 3 is 2.58 bits per heavy atom. The van der Waals surface area contributed by atoms with Crippen LogP contribution in [0.2, 0.25) is 5.02 Å². The van der Waals surface area contributed by atoms with E-state index in [1.165, 1.54) is 0 Å². The van der Waals surface area contributed by atoms with E-state index in [4.69, 9.17) is 30.8 Å². The highest BCUT2D eigenvalue weighted by Crippen LogP contribution is 2.29. The standard InChI is InChI=1S/C27H27ClN2O3/c1-3-7-20-10-15-25(26(18-20)31-2)32-17-6-16-30-24-9-5-4-8-23(24)29-27(30)19-33-22-13-11-21(28)12-14-22/h3-5,7-15,18H,6,16-17,19H2,1-2H3/b7-3+. The van der Waals surface area contributed by atoms with Crippen LogP contribution in [0.1, 0.15) is 24.7 Å². The minimum atomic E-state index is 0.372. The number of hydrogen-bond acceptors (Lipinski definition) is 4. The van der Waals surface area contributed by atoms with E-state index < -0.39 is 0 Å². The van der Waals surface area contributed by atoms with E-state index >= 15 is 0 Å². The average molecular weight is 463 g/mol. The molecule has 0 aliphatic rings. The average Bonchev–Trinajstić information content (AvgIpc) is 3.19. The first kappa shape index (κ1) is 22.7. The highest BCUT2D eigenvalue weighted by Gasteiger charge is 2.12. The first-order valence-electron chi connectivity index (χ1n) is 10.9. The number of methoxy groups -OCH3 is 1. The molecule has 1 aromatic heterocycles. The lowest BCUT2D eigenvalue weighted by atomic mass is 10.2. The van der Waals surface area contributed by atoms with Gasteiger partial charge in [0.2, 0.25) is 0 Å². The zero-order chi connectivity index (χ0) is 23.0. The lowest BCUT2D eigenvalue weighted by molar-refractivity contribution is 0.273. The number of nitrogens with zero attached hydrogens (tertiary/aromatic N) is 2. The molecule has 0 aliphatic carbocycles. The minimum absolute atomic E-state index is 0.372. The maximum Gasteiger partial charge on any atom is 0.161 e. The van der Waals surface area contributed by atoms with Gasteiger partial charge in [0.15, 0.2) is 11.5 Å². The Labute approximate surface area is 199 Å². The van der Waals surface area contributed by atoms with Crippen molar-refractivity contribution in [2.24, 2.45) is 0 Å². The molecule has 0 bridgehead atoms. The number of para-hydroxylation sites is 2. The highest BCUT2D eigenvalue weighted by atomic mass is 35.5. The summed E-state index contributed by atoms with van der Waals surface area (Å²) in [7, 11) is 1.66. The van der Waals surface area contributed by atoms with Crippen molar-refractivity contribution < 1.29 is 14.2 Å². The molecule has 0 N–H and O–H groups in total. The van der Waals surface area contributed by atoms with Crippen LogP contribution in [-0.4, -0.2) is 23.3 Å². The molecular weight excluding hydrogens is 436 g/mol. The Morgan fingerprint density at radius 1 is 0.970 bits per heavy atom. The molecule has 4 aromatic rings. The van der Waals surface area contributed by atoms with Gasteiger partial charge in [0, 0.05) is 11.6 Å². The van der Waals surface area contributed by atoms with E-state index in [0.29, 0.717) is 18.2 Å². The van der Waals surface area contributed by atoms with Gasteiger partial charge in [-0.2, -0.15) is 0 Å². The summed E-state index contributed by atoms with van der Waals surface area (Å²) < 4.78 is 19.7. The Hall–Kier alpha value is -3.44. The number of aryl methyl sites for hydroxylation is 1. The highest BCUT2D eigenvalue weighted by molar-refractivity contribution is 6.30. The molecule has 5 nitrogen and oxygen atoms in total. The second kappa shape index (κ2) is 10.9. The molecule has 0 fully saturated rings. The van der Waals surface area contributed by atoms with E-state index in [-0.39, 0.29) is 0 Å². The first-order chi connectivity index (χ1) is 16.2. The number of hydrogen-bond donors (Lipinski definition) is 0. The lowest BCUT2D eigenvalue weighted by Crippen LogP contribution is -2.10. The molecule has 33 heavy (non-hydrogen) atoms. The molecule has 3 aromatic carbocycles. The fraction of sp³-hybridized carbons (Fsp3) is 0.222. The van der Waals surface area contributed by atoms with Crippen LogP contribution in [-0.2, 0) is 13.2 Å². The largest absolute Gasteiger partial charge is 0.493 e. The van der Waals surface area contributed by atoms with Gasteiger partial charge in [-0.05, 0) is 67.4 Å². The maximum atomic E-state index is 6.03. The second-order valence-corrected chi connectivity index (χ2v) is 7.96. The van der Waals surface area contributed by atoms with Crippen LogP contribution >= 0.6 is 11.6 Å². The summed E-state index contributed by atoms with van der Waals surface area (Å²) in [6.07, 6.45) is 4.84. The molecule has 170 valence electrons. The molecule has 0 unspecified atom stereocenters. The van der Waals surface area contributed by atoms with Crippen molar-refractivity contribution >= 4 is 28.7 Å². The molecule has 0 radical (unpaired) electrons. The molecule has 0 saturated carbocycles. The van der Waals surface area contributed by atoms with Crippen LogP contribution < -0.4 is 14.2 Å². The smallest absolute Gasteiger partial charge is 0.161 e. The van der Waals surface area contributed by atoms with Gasteiger partial charge in [-0.3, -0.25) is 0 Å². The minimum Gasteiger partial charge on any atom is -0.493 e. The fourth-order valence-corrected chi connectivity index (χ4v) is 3.79. The molecule has 0 aliphatic heterocycles. The van der Waals surface area contributed by atoms with Crippen LogP contribution in [0.3, 0.4) is 0 Å². The summed E-state index contributed by atoms with van der Waals surface area (Å²) in [6, 6.07) is 21.4. The first-order valence-corrected chi connectivity index (χ1v) is 11.3. The van der Waals surface area contributed by atoms with Crippen LogP contribution in [0.4, 0.5) is 0 Å². The van der Waals surface area contributed by atoms with Gasteiger partial charge in [0.25, 0.3) is 0 Å². The third-order valence-electron chi connectivity index (χ3n) is 5.25. The third-order valence-corrected chi connectivity index (χ3v) is 5.50. The van der Waals surface area contributed by atoms with Gasteiger partial charge in [0.1, 0.15) is 18.2 Å². The second-order valence-electron chi connectivity index (χ2n) is 7.52. The van der Waals surface area contributed by atoms with Crippen LogP contribution in [0.5, 0.6) is 17.2 Å². The quantitative estimate of drug-likeness (QED) is 0.244. The molecule has 0 amide bonds. The maximum absolute atomic E-state index is 6.03. The van der Waals surface area contributed by atoms with Crippen LogP contribution in [0, 0.1) is 0 Å². The number of aromatic nitrogens is 2. The lowest BCUT2D eigenvalue weighted by Gasteiger charge is -2.13. The van der Waals surface area contributed by atoms with Crippen molar-refractivity contribution in [3.8, 4) is 17.2 Å². The monoisotopic (exact) mass is 462 g/mol. The van der Waals surface area contributed by atoms with Crippen molar-refractivity contribution in [1.82, 2.24) is 9.55 Å². The van der Waals surface area contributed by atoms with Crippen molar-refractivity contribution in [2.45, 2.75) is 26.5 Å². The van der Waals surface area contributed by atoms with E-state index in [1.807, 2.05) is 79.7 Å². The number of halogens is 1. The SMILES string of the molecule is C/C=C/c1ccc(OCCCn2c(COc3ccc(Cl)cc3)nc3ccccc32)c(OC)c1. The molecule has 4 rings (SSSR count). The van der Waals surface area contributed by atoms with Gasteiger partial charge in [-0.1, -0.05) is 42.0 Å². The predicted molar refractivity (Wildman–Crippen MR) is 133 cm³/mol. The number of ether oxygens (including phenoxy) is 3. The van der Waals surface area contributed by atoms with Crippen molar-refractivity contribution in [1.29, 1.82) is 0 Å². The number of benzene rings is 3. The number of fused-ring (bicyclic) bond motifs is 1. The Balaban J connectivity index is 1.42. The molecule has 0 atom stereocenters. The molecular formula is C27H27ClN2O3. The zero-order valence-corrected chi connectivity index (χ0v) is 19.6. The van der Waals surface area contributed by atoms with E-state index in [1.54, 1.807) is 7.11 Å². The van der Waals surface area contributed by atoms with Gasteiger partial charge in [0.05, 0.1) is 24.8 Å². The van der Waals surface area contributed by atoms with Crippen LogP contribution in [0.15, 0.2) is 72.8 Å². The topological polar surface area (TPSA) is 45.5 Å². The van der Waals surface area contributed by atoms with Crippen molar-refractivity contribution in [3.05, 3.63) is 89.2 Å². The predicted octanol–water partition coefficient (Wildman–Crippen LogP) is 6.78. The van der Waals surface area contributed by atoms with Crippen molar-refractivity contribution in [3.63, 3.8) is 0 Å². The summed E-state index contributed by atoms with van der Waals surface area (Å²) in [5.74, 6) is 3.11. The summed E-state index contributed by atoms with van der Waals surface area (Å²) in [5.41, 5.74) is 3.12. The Bertz CT molecular complexity index is 1230. The molecule has 0 saturated heterocycles. The molecule has 0 spiro atoms. The molecule has 1 heterocycles. The Morgan fingerprint density at radius 2 is 1.79 bits per heavy atom. The van der Waals surface area contributed by atoms with E-state index in [9.17, 15) is 0 Å². The number of rotatable bonds is 10. The Kier molecular flexibility index (Phi) is 7.53. The van der Waals surface area contributed by atoms with E-state index in [0.717, 1.165) is 52.6 Å². The fourth-order valence-electron chi connectivity index (χ4n) is 3.67. The van der Waals surface area contributed by atoms with Gasteiger partial charge in [-0.25, -0.2) is 4.98 Å². The summed E-state index contributed by atoms with van der Waals surface area (Å²) in [5, 5.41) is 0.683. The summed E-state index contributed by atoms with van der Waals surface area (Å²) in [4.78, 5) is 4.78. The van der Waals surface area contributed by atoms with Crippen molar-refractivity contribution in [2.75, 3.05) is 13.7 Å². The molecule has 6 heteroatoms. The van der Waals surface area contributed by atoms with Crippen LogP contribution in [0.25, 0.3) is 17.1 Å². The summed E-state index contributed by atoms with van der Waals surface area (Å²) in [6.45, 7) is 3.69.